The van der Waals surface area contributed by atoms with Gasteiger partial charge in [0.2, 0.25) is 29.5 Å². The summed E-state index contributed by atoms with van der Waals surface area (Å²) >= 11 is 0. The highest BCUT2D eigenvalue weighted by atomic mass is 16.4. The van der Waals surface area contributed by atoms with E-state index in [1.807, 2.05) is 10.6 Å². The van der Waals surface area contributed by atoms with Crippen LogP contribution in [0.25, 0.3) is 0 Å². The number of nitrogens with one attached hydrogen (secondary N) is 3. The predicted octanol–water partition coefficient (Wildman–Crippen LogP) is -4.27. The number of amides is 5. The van der Waals surface area contributed by atoms with E-state index in [0.29, 0.717) is 0 Å². The Morgan fingerprint density at radius 2 is 1.06 bits per heavy atom. The molecule has 15 heteroatoms. The monoisotopic (exact) mass is 460 g/mol. The number of hydrogen-bond donors (Lipinski definition) is 8. The second-order valence-corrected chi connectivity index (χ2v) is 7.23. The SMILES string of the molecule is CC(C)C(N)C(=O)NC(CC(=O)O)C(=O)NC(CC(N)=O)C(=O)NC(CC(N)=O)C(=O)O. The lowest BCUT2D eigenvalue weighted by atomic mass is 10.0. The fourth-order valence-electron chi connectivity index (χ4n) is 2.31. The van der Waals surface area contributed by atoms with Gasteiger partial charge in [-0.1, -0.05) is 13.8 Å². The van der Waals surface area contributed by atoms with Gasteiger partial charge in [-0.25, -0.2) is 4.79 Å². The number of primary amides is 2. The summed E-state index contributed by atoms with van der Waals surface area (Å²) in [6.07, 6.45) is -2.45. The Morgan fingerprint density at radius 3 is 1.44 bits per heavy atom. The molecule has 0 bridgehead atoms. The van der Waals surface area contributed by atoms with Gasteiger partial charge in [0.25, 0.3) is 0 Å². The van der Waals surface area contributed by atoms with Crippen LogP contribution in [0.5, 0.6) is 0 Å². The molecule has 15 nitrogen and oxygen atoms in total. The van der Waals surface area contributed by atoms with E-state index in [1.165, 1.54) is 0 Å². The molecular weight excluding hydrogens is 432 g/mol. The summed E-state index contributed by atoms with van der Waals surface area (Å²) in [5.74, 6) is -8.72. The number of hydrogen-bond acceptors (Lipinski definition) is 8. The summed E-state index contributed by atoms with van der Waals surface area (Å²) in [4.78, 5) is 81.6. The van der Waals surface area contributed by atoms with Gasteiger partial charge in [-0.3, -0.25) is 28.8 Å². The molecule has 0 rings (SSSR count). The zero-order valence-corrected chi connectivity index (χ0v) is 17.5. The van der Waals surface area contributed by atoms with E-state index in [-0.39, 0.29) is 5.92 Å². The first-order chi connectivity index (χ1) is 14.6. The summed E-state index contributed by atoms with van der Waals surface area (Å²) in [7, 11) is 0. The molecule has 0 aromatic heterocycles. The second kappa shape index (κ2) is 12.8. The number of rotatable bonds is 14. The first-order valence-electron chi connectivity index (χ1n) is 9.33. The zero-order chi connectivity index (χ0) is 25.2. The van der Waals surface area contributed by atoms with Gasteiger partial charge in [-0.2, -0.15) is 0 Å². The summed E-state index contributed by atoms with van der Waals surface area (Å²) in [6, 6.07) is -6.23. The van der Waals surface area contributed by atoms with E-state index >= 15 is 0 Å². The fraction of sp³-hybridized carbons (Fsp3) is 0.588. The maximum atomic E-state index is 12.5. The van der Waals surface area contributed by atoms with Gasteiger partial charge in [0.1, 0.15) is 18.1 Å². The molecule has 11 N–H and O–H groups in total. The minimum absolute atomic E-state index is 0.338. The molecule has 0 saturated heterocycles. The van der Waals surface area contributed by atoms with E-state index < -0.39 is 84.9 Å². The number of carbonyl (C=O) groups excluding carboxylic acids is 5. The molecule has 4 atom stereocenters. The highest BCUT2D eigenvalue weighted by Gasteiger charge is 2.32. The van der Waals surface area contributed by atoms with Crippen molar-refractivity contribution < 1.29 is 43.8 Å². The fourth-order valence-corrected chi connectivity index (χ4v) is 2.31. The lowest BCUT2D eigenvalue weighted by molar-refractivity contribution is -0.144. The first-order valence-corrected chi connectivity index (χ1v) is 9.33. The third-order valence-corrected chi connectivity index (χ3v) is 4.09. The largest absolute Gasteiger partial charge is 0.481 e. The first kappa shape index (κ1) is 28.2. The van der Waals surface area contributed by atoms with Crippen molar-refractivity contribution in [1.82, 2.24) is 16.0 Å². The molecular formula is C17H28N6O9. The van der Waals surface area contributed by atoms with Gasteiger partial charge in [-0.15, -0.1) is 0 Å². The van der Waals surface area contributed by atoms with E-state index in [0.717, 1.165) is 0 Å². The second-order valence-electron chi connectivity index (χ2n) is 7.23. The average Bonchev–Trinajstić information content (AvgIpc) is 2.64. The quantitative estimate of drug-likeness (QED) is 0.123. The summed E-state index contributed by atoms with van der Waals surface area (Å²) in [5, 5.41) is 24.2. The Balaban J connectivity index is 5.58. The number of carboxylic acid groups (broad SMARTS) is 2. The third-order valence-electron chi connectivity index (χ3n) is 4.09. The normalized spacial score (nSPS) is 14.4. The average molecular weight is 460 g/mol. The molecule has 32 heavy (non-hydrogen) atoms. The van der Waals surface area contributed by atoms with Crippen LogP contribution >= 0.6 is 0 Å². The van der Waals surface area contributed by atoms with Crippen molar-refractivity contribution in [2.45, 2.75) is 57.3 Å². The van der Waals surface area contributed by atoms with Gasteiger partial charge < -0.3 is 43.4 Å². The van der Waals surface area contributed by atoms with Crippen molar-refractivity contribution in [2.24, 2.45) is 23.1 Å². The van der Waals surface area contributed by atoms with E-state index in [4.69, 9.17) is 27.4 Å². The maximum Gasteiger partial charge on any atom is 0.326 e. The zero-order valence-electron chi connectivity index (χ0n) is 17.5. The van der Waals surface area contributed by atoms with Crippen LogP contribution in [0, 0.1) is 5.92 Å². The molecule has 0 saturated carbocycles. The molecule has 180 valence electrons. The number of carbonyl (C=O) groups is 7. The molecule has 0 spiro atoms. The van der Waals surface area contributed by atoms with Crippen LogP contribution in [0.15, 0.2) is 0 Å². The Bertz CT molecular complexity index is 770. The van der Waals surface area contributed by atoms with Gasteiger partial charge in [0.05, 0.1) is 25.3 Å². The van der Waals surface area contributed by atoms with Gasteiger partial charge >= 0.3 is 11.9 Å². The van der Waals surface area contributed by atoms with Crippen LogP contribution < -0.4 is 33.2 Å². The number of aliphatic carboxylic acids is 2. The van der Waals surface area contributed by atoms with Crippen LogP contribution in [0.2, 0.25) is 0 Å². The smallest absolute Gasteiger partial charge is 0.326 e. The Hall–Kier alpha value is -3.75. The van der Waals surface area contributed by atoms with Gasteiger partial charge in [-0.05, 0) is 5.92 Å². The van der Waals surface area contributed by atoms with Crippen LogP contribution in [-0.2, 0) is 33.6 Å². The highest BCUT2D eigenvalue weighted by molar-refractivity contribution is 5.97. The summed E-state index contributed by atoms with van der Waals surface area (Å²) in [6.45, 7) is 3.24. The van der Waals surface area contributed by atoms with E-state index in [9.17, 15) is 33.6 Å². The van der Waals surface area contributed by atoms with Crippen molar-refractivity contribution in [3.05, 3.63) is 0 Å². The van der Waals surface area contributed by atoms with E-state index in [2.05, 4.69) is 5.32 Å². The molecule has 0 heterocycles. The Kier molecular flexibility index (Phi) is 11.3. The molecule has 0 aliphatic carbocycles. The molecule has 5 amide bonds. The Labute approximate surface area is 182 Å². The predicted molar refractivity (Wildman–Crippen MR) is 106 cm³/mol. The van der Waals surface area contributed by atoms with Crippen LogP contribution in [-0.4, -0.2) is 75.9 Å². The van der Waals surface area contributed by atoms with Crippen LogP contribution in [0.1, 0.15) is 33.1 Å². The molecule has 0 aromatic carbocycles. The number of carboxylic acids is 2. The lowest BCUT2D eigenvalue weighted by Gasteiger charge is -2.24. The molecule has 4 unspecified atom stereocenters. The summed E-state index contributed by atoms with van der Waals surface area (Å²) < 4.78 is 0. The third kappa shape index (κ3) is 10.3. The lowest BCUT2D eigenvalue weighted by Crippen LogP contribution is -2.58. The topological polar surface area (TPSA) is 274 Å². The van der Waals surface area contributed by atoms with Crippen molar-refractivity contribution in [2.75, 3.05) is 0 Å². The molecule has 0 aromatic rings. The molecule has 0 fully saturated rings. The van der Waals surface area contributed by atoms with Gasteiger partial charge in [0.15, 0.2) is 0 Å². The van der Waals surface area contributed by atoms with Crippen molar-refractivity contribution >= 4 is 41.5 Å². The van der Waals surface area contributed by atoms with E-state index in [1.54, 1.807) is 13.8 Å². The molecule has 0 aliphatic rings. The van der Waals surface area contributed by atoms with Crippen LogP contribution in [0.4, 0.5) is 0 Å². The van der Waals surface area contributed by atoms with Crippen LogP contribution in [0.3, 0.4) is 0 Å². The van der Waals surface area contributed by atoms with Crippen molar-refractivity contribution in [1.29, 1.82) is 0 Å². The van der Waals surface area contributed by atoms with Gasteiger partial charge in [0, 0.05) is 0 Å². The van der Waals surface area contributed by atoms with Crippen molar-refractivity contribution in [3.8, 4) is 0 Å². The maximum absolute atomic E-state index is 12.5. The minimum atomic E-state index is -1.76. The minimum Gasteiger partial charge on any atom is -0.481 e. The summed E-state index contributed by atoms with van der Waals surface area (Å²) in [5.41, 5.74) is 15.6. The standard InChI is InChI=1S/C17H28N6O9/c1-6(2)13(20)16(30)22-8(5-12(26)27)15(29)21-7(3-10(18)24)14(28)23-9(17(31)32)4-11(19)25/h6-9,13H,3-5,20H2,1-2H3,(H2,18,24)(H2,19,25)(H,21,29)(H,22,30)(H,23,28)(H,26,27)(H,31,32). The number of nitrogens with two attached hydrogens (primary N) is 3. The van der Waals surface area contributed by atoms with Crippen molar-refractivity contribution in [3.63, 3.8) is 0 Å². The Morgan fingerprint density at radius 1 is 0.688 bits per heavy atom. The highest BCUT2D eigenvalue weighted by Crippen LogP contribution is 2.03. The molecule has 0 aliphatic heterocycles. The molecule has 0 radical (unpaired) electrons.